The maximum Gasteiger partial charge on any atom is 0.294 e. The largest absolute Gasteiger partial charge is 0.374 e. The molecule has 2 aromatic carbocycles. The zero-order valence-electron chi connectivity index (χ0n) is 20.2. The summed E-state index contributed by atoms with van der Waals surface area (Å²) in [5, 5.41) is 20.2. The second kappa shape index (κ2) is 10.8. The third-order valence-electron chi connectivity index (χ3n) is 6.87. The van der Waals surface area contributed by atoms with Crippen LogP contribution in [0.25, 0.3) is 10.8 Å². The van der Waals surface area contributed by atoms with E-state index in [0.717, 1.165) is 17.2 Å². The van der Waals surface area contributed by atoms with E-state index in [4.69, 9.17) is 0 Å². The van der Waals surface area contributed by atoms with E-state index in [1.165, 1.54) is 6.07 Å². The van der Waals surface area contributed by atoms with E-state index in [-0.39, 0.29) is 34.8 Å². The van der Waals surface area contributed by atoms with Gasteiger partial charge >= 0.3 is 0 Å². The lowest BCUT2D eigenvalue weighted by Gasteiger charge is -2.34. The molecule has 5 rings (SSSR count). The fourth-order valence-corrected chi connectivity index (χ4v) is 5.48. The molecule has 0 spiro atoms. The monoisotopic (exact) mass is 566 g/mol. The highest BCUT2D eigenvalue weighted by Crippen LogP contribution is 2.35. The number of rotatable bonds is 5. The van der Waals surface area contributed by atoms with Gasteiger partial charge in [-0.15, -0.1) is 0 Å². The van der Waals surface area contributed by atoms with E-state index in [1.54, 1.807) is 28.3 Å². The summed E-state index contributed by atoms with van der Waals surface area (Å²) in [5.74, 6) is -0.378. The molecule has 0 radical (unpaired) electrons. The Morgan fingerprint density at radius 3 is 2.59 bits per heavy atom. The second-order valence-corrected chi connectivity index (χ2v) is 10.2. The normalized spacial score (nSPS) is 18.0. The molecule has 37 heavy (non-hydrogen) atoms. The lowest BCUT2D eigenvalue weighted by atomic mass is 10.0. The van der Waals surface area contributed by atoms with Crippen molar-refractivity contribution in [2.75, 3.05) is 44.6 Å². The number of hydrogen-bond acceptors (Lipinski definition) is 7. The average molecular weight is 567 g/mol. The van der Waals surface area contributed by atoms with Gasteiger partial charge in [-0.05, 0) is 24.3 Å². The van der Waals surface area contributed by atoms with Crippen LogP contribution in [0.3, 0.4) is 0 Å². The Kier molecular flexibility index (Phi) is 7.33. The predicted molar refractivity (Wildman–Crippen MR) is 144 cm³/mol. The molecule has 0 unspecified atom stereocenters. The van der Waals surface area contributed by atoms with Crippen LogP contribution in [0.15, 0.2) is 53.3 Å². The first kappa shape index (κ1) is 25.1. The summed E-state index contributed by atoms with van der Waals surface area (Å²) in [4.78, 5) is 46.1. The van der Waals surface area contributed by atoms with Crippen molar-refractivity contribution in [1.29, 1.82) is 0 Å². The number of fused-ring (bicyclic) bond motifs is 1. The summed E-state index contributed by atoms with van der Waals surface area (Å²) in [5.41, 5.74) is 0.810. The lowest BCUT2D eigenvalue weighted by Crippen LogP contribution is -2.47. The summed E-state index contributed by atoms with van der Waals surface area (Å²) in [6, 6.07) is 10.4. The molecule has 0 bridgehead atoms. The Hall–Kier alpha value is -3.57. The van der Waals surface area contributed by atoms with Crippen molar-refractivity contribution in [3.05, 3.63) is 74.5 Å². The SMILES string of the molecule is O=C(c1cc(Br)cc([N+](=O)[O-])c1N[C@@H]1CCCN(C(=O)c2cncc3ccccc23)C1)N1CCNCC1. The standard InChI is InChI=1S/C26H27BrN6O4/c27-18-12-21(25(34)31-10-7-28-8-11-31)24(23(13-18)33(36)37)30-19-5-3-9-32(16-19)26(35)22-15-29-14-17-4-1-2-6-20(17)22/h1-2,4,6,12-15,19,28,30H,3,5,7-11,16H2/t19-/m1/s1. The molecule has 3 heterocycles. The van der Waals surface area contributed by atoms with Gasteiger partial charge in [0, 0.05) is 73.6 Å². The summed E-state index contributed by atoms with van der Waals surface area (Å²) in [7, 11) is 0. The van der Waals surface area contributed by atoms with Crippen molar-refractivity contribution in [3.8, 4) is 0 Å². The molecule has 192 valence electrons. The maximum absolute atomic E-state index is 13.5. The minimum Gasteiger partial charge on any atom is -0.374 e. The predicted octanol–water partition coefficient (Wildman–Crippen LogP) is 3.67. The quantitative estimate of drug-likeness (QED) is 0.357. The molecule has 2 amide bonds. The van der Waals surface area contributed by atoms with E-state index in [9.17, 15) is 19.7 Å². The Balaban J connectivity index is 1.42. The van der Waals surface area contributed by atoms with Crippen molar-refractivity contribution in [2.45, 2.75) is 18.9 Å². The van der Waals surface area contributed by atoms with Crippen LogP contribution in [0.4, 0.5) is 11.4 Å². The van der Waals surface area contributed by atoms with Gasteiger partial charge in [-0.2, -0.15) is 0 Å². The van der Waals surface area contributed by atoms with Crippen molar-refractivity contribution >= 4 is 49.9 Å². The molecule has 2 aliphatic heterocycles. The van der Waals surface area contributed by atoms with Crippen LogP contribution >= 0.6 is 15.9 Å². The Bertz CT molecular complexity index is 1350. The summed E-state index contributed by atoms with van der Waals surface area (Å²) >= 11 is 3.33. The fraction of sp³-hybridized carbons (Fsp3) is 0.346. The van der Waals surface area contributed by atoms with E-state index in [2.05, 4.69) is 31.5 Å². The number of aromatic nitrogens is 1. The molecule has 2 fully saturated rings. The molecule has 2 N–H and O–H groups in total. The van der Waals surface area contributed by atoms with E-state index >= 15 is 0 Å². The van der Waals surface area contributed by atoms with E-state index < -0.39 is 4.92 Å². The number of pyridine rings is 1. The van der Waals surface area contributed by atoms with Crippen molar-refractivity contribution < 1.29 is 14.5 Å². The fourth-order valence-electron chi connectivity index (χ4n) is 5.04. The van der Waals surface area contributed by atoms with Gasteiger partial charge < -0.3 is 20.4 Å². The summed E-state index contributed by atoms with van der Waals surface area (Å²) in [6.45, 7) is 3.35. The van der Waals surface area contributed by atoms with E-state index in [0.29, 0.717) is 55.7 Å². The highest BCUT2D eigenvalue weighted by atomic mass is 79.9. The first-order valence-corrected chi connectivity index (χ1v) is 13.1. The minimum absolute atomic E-state index is 0.127. The Morgan fingerprint density at radius 1 is 1.05 bits per heavy atom. The highest BCUT2D eigenvalue weighted by Gasteiger charge is 2.31. The minimum atomic E-state index is -0.477. The number of hydrogen-bond donors (Lipinski definition) is 2. The molecule has 1 atom stereocenters. The maximum atomic E-state index is 13.5. The average Bonchev–Trinajstić information content (AvgIpc) is 2.93. The number of nitrogens with zero attached hydrogens (tertiary/aromatic N) is 4. The molecule has 2 aliphatic rings. The van der Waals surface area contributed by atoms with Gasteiger partial charge in [0.25, 0.3) is 17.5 Å². The number of nitrogens with one attached hydrogen (secondary N) is 2. The molecule has 0 aliphatic carbocycles. The Morgan fingerprint density at radius 2 is 1.81 bits per heavy atom. The number of amides is 2. The smallest absolute Gasteiger partial charge is 0.294 e. The molecule has 1 aromatic heterocycles. The summed E-state index contributed by atoms with van der Waals surface area (Å²) < 4.78 is 0.465. The topological polar surface area (TPSA) is 121 Å². The van der Waals surface area contributed by atoms with Gasteiger partial charge in [0.1, 0.15) is 5.69 Å². The lowest BCUT2D eigenvalue weighted by molar-refractivity contribution is -0.384. The van der Waals surface area contributed by atoms with Gasteiger partial charge in [0.15, 0.2) is 0 Å². The molecular formula is C26H27BrN6O4. The first-order valence-electron chi connectivity index (χ1n) is 12.3. The number of likely N-dealkylation sites (tertiary alicyclic amines) is 1. The number of nitro benzene ring substituents is 1. The van der Waals surface area contributed by atoms with Crippen LogP contribution in [-0.4, -0.2) is 76.8 Å². The molecule has 3 aromatic rings. The van der Waals surface area contributed by atoms with Gasteiger partial charge in [-0.1, -0.05) is 40.2 Å². The number of piperazine rings is 1. The van der Waals surface area contributed by atoms with Crippen LogP contribution in [0, 0.1) is 10.1 Å². The second-order valence-electron chi connectivity index (χ2n) is 9.29. The first-order chi connectivity index (χ1) is 17.9. The van der Waals surface area contributed by atoms with Crippen LogP contribution < -0.4 is 10.6 Å². The molecule has 11 heteroatoms. The molecule has 10 nitrogen and oxygen atoms in total. The zero-order valence-corrected chi connectivity index (χ0v) is 21.7. The van der Waals surface area contributed by atoms with Crippen LogP contribution in [0.5, 0.6) is 0 Å². The third kappa shape index (κ3) is 5.28. The van der Waals surface area contributed by atoms with Crippen LogP contribution in [0.2, 0.25) is 0 Å². The highest BCUT2D eigenvalue weighted by molar-refractivity contribution is 9.10. The zero-order chi connectivity index (χ0) is 25.9. The van der Waals surface area contributed by atoms with Gasteiger partial charge in [0.05, 0.1) is 16.1 Å². The van der Waals surface area contributed by atoms with Gasteiger partial charge in [0.2, 0.25) is 0 Å². The van der Waals surface area contributed by atoms with Crippen LogP contribution in [-0.2, 0) is 0 Å². The van der Waals surface area contributed by atoms with Crippen molar-refractivity contribution in [3.63, 3.8) is 0 Å². The van der Waals surface area contributed by atoms with Gasteiger partial charge in [-0.25, -0.2) is 0 Å². The number of anilines is 1. The number of nitro groups is 1. The van der Waals surface area contributed by atoms with Crippen molar-refractivity contribution in [2.24, 2.45) is 0 Å². The molecular weight excluding hydrogens is 540 g/mol. The number of benzene rings is 2. The van der Waals surface area contributed by atoms with Gasteiger partial charge in [-0.3, -0.25) is 24.7 Å². The number of carbonyl (C=O) groups excluding carboxylic acids is 2. The van der Waals surface area contributed by atoms with E-state index in [1.807, 2.05) is 24.3 Å². The third-order valence-corrected chi connectivity index (χ3v) is 7.33. The van der Waals surface area contributed by atoms with Crippen LogP contribution in [0.1, 0.15) is 33.6 Å². The molecule has 0 saturated carbocycles. The summed E-state index contributed by atoms with van der Waals surface area (Å²) in [6.07, 6.45) is 4.76. The number of carbonyl (C=O) groups is 2. The number of halogens is 1. The molecule has 2 saturated heterocycles. The number of piperidine rings is 1. The Labute approximate surface area is 222 Å². The van der Waals surface area contributed by atoms with Crippen molar-refractivity contribution in [1.82, 2.24) is 20.1 Å².